The van der Waals surface area contributed by atoms with Crippen LogP contribution in [0.5, 0.6) is 0 Å². The highest BCUT2D eigenvalue weighted by atomic mass is 16.2. The van der Waals surface area contributed by atoms with Crippen molar-refractivity contribution >= 4 is 17.8 Å². The Balaban J connectivity index is 1.69. The van der Waals surface area contributed by atoms with Crippen LogP contribution < -0.4 is 5.73 Å². The average Bonchev–Trinajstić information content (AvgIpc) is 3.00. The van der Waals surface area contributed by atoms with E-state index in [9.17, 15) is 9.59 Å². The summed E-state index contributed by atoms with van der Waals surface area (Å²) in [6, 6.07) is 0.367. The molecule has 7 nitrogen and oxygen atoms in total. The average molecular weight is 303 g/mol. The maximum absolute atomic E-state index is 12.5. The highest BCUT2D eigenvalue weighted by Gasteiger charge is 2.33. The third-order valence-electron chi connectivity index (χ3n) is 4.54. The van der Waals surface area contributed by atoms with E-state index >= 15 is 0 Å². The molecule has 2 N–H and O–H groups in total. The number of nitrogens with two attached hydrogens (primary N) is 1. The van der Waals surface area contributed by atoms with E-state index in [2.05, 4.69) is 9.97 Å². The van der Waals surface area contributed by atoms with Crippen LogP contribution in [0.25, 0.3) is 0 Å². The molecule has 0 bridgehead atoms. The molecule has 2 heterocycles. The van der Waals surface area contributed by atoms with Crippen LogP contribution in [0.1, 0.15) is 41.7 Å². The van der Waals surface area contributed by atoms with Gasteiger partial charge in [-0.2, -0.15) is 0 Å². The Labute approximate surface area is 129 Å². The second-order valence-corrected chi connectivity index (χ2v) is 5.98. The van der Waals surface area contributed by atoms with Crippen LogP contribution in [0.15, 0.2) is 6.20 Å². The van der Waals surface area contributed by atoms with Crippen molar-refractivity contribution in [1.82, 2.24) is 19.8 Å². The fourth-order valence-electron chi connectivity index (χ4n) is 3.33. The minimum atomic E-state index is -0.197. The number of hydrogen-bond acceptors (Lipinski definition) is 5. The number of carbonyl (C=O) groups is 2. The lowest BCUT2D eigenvalue weighted by Gasteiger charge is -2.37. The predicted molar refractivity (Wildman–Crippen MR) is 81.1 cm³/mol. The summed E-state index contributed by atoms with van der Waals surface area (Å²) in [5.41, 5.74) is 6.47. The smallest absolute Gasteiger partial charge is 0.257 e. The van der Waals surface area contributed by atoms with Gasteiger partial charge in [-0.1, -0.05) is 12.8 Å². The van der Waals surface area contributed by atoms with Gasteiger partial charge in [-0.25, -0.2) is 9.97 Å². The lowest BCUT2D eigenvalue weighted by molar-refractivity contribution is -0.137. The van der Waals surface area contributed by atoms with Gasteiger partial charge in [0.25, 0.3) is 5.91 Å². The summed E-state index contributed by atoms with van der Waals surface area (Å²) in [7, 11) is 0. The maximum Gasteiger partial charge on any atom is 0.257 e. The summed E-state index contributed by atoms with van der Waals surface area (Å²) >= 11 is 0. The van der Waals surface area contributed by atoms with E-state index in [1.165, 1.54) is 19.0 Å². The first-order valence-corrected chi connectivity index (χ1v) is 7.74. The molecule has 2 amide bonds. The van der Waals surface area contributed by atoms with Crippen molar-refractivity contribution in [2.75, 3.05) is 25.4 Å². The SMILES string of the molecule is Cc1nc(N)ncc1C(=O)N1CCN(C2CCCC2)C(=O)C1. The number of carbonyl (C=O) groups excluding carboxylic acids is 2. The van der Waals surface area contributed by atoms with Crippen molar-refractivity contribution in [3.8, 4) is 0 Å². The highest BCUT2D eigenvalue weighted by molar-refractivity contribution is 5.97. The van der Waals surface area contributed by atoms with Gasteiger partial charge < -0.3 is 15.5 Å². The quantitative estimate of drug-likeness (QED) is 0.863. The summed E-state index contributed by atoms with van der Waals surface area (Å²) < 4.78 is 0. The van der Waals surface area contributed by atoms with Gasteiger partial charge in [0.15, 0.2) is 0 Å². The molecule has 1 saturated heterocycles. The number of rotatable bonds is 2. The Hall–Kier alpha value is -2.18. The Morgan fingerprint density at radius 2 is 2.05 bits per heavy atom. The van der Waals surface area contributed by atoms with Crippen LogP contribution in [0, 0.1) is 6.92 Å². The Morgan fingerprint density at radius 1 is 1.32 bits per heavy atom. The summed E-state index contributed by atoms with van der Waals surface area (Å²) in [5, 5.41) is 0. The fourth-order valence-corrected chi connectivity index (χ4v) is 3.33. The first-order chi connectivity index (χ1) is 10.6. The van der Waals surface area contributed by atoms with Crippen molar-refractivity contribution in [2.45, 2.75) is 38.6 Å². The van der Waals surface area contributed by atoms with Gasteiger partial charge >= 0.3 is 0 Å². The van der Waals surface area contributed by atoms with Gasteiger partial charge in [-0.05, 0) is 19.8 Å². The molecule has 0 radical (unpaired) electrons. The Morgan fingerprint density at radius 3 is 2.68 bits per heavy atom. The molecule has 7 heteroatoms. The number of aromatic nitrogens is 2. The summed E-state index contributed by atoms with van der Waals surface area (Å²) in [6.45, 7) is 3.04. The van der Waals surface area contributed by atoms with E-state index in [1.54, 1.807) is 11.8 Å². The minimum absolute atomic E-state index is 0.0421. The normalized spacial score (nSPS) is 19.8. The second kappa shape index (κ2) is 5.90. The number of nitrogens with zero attached hydrogens (tertiary/aromatic N) is 4. The van der Waals surface area contributed by atoms with Gasteiger partial charge in [0.2, 0.25) is 11.9 Å². The summed E-state index contributed by atoms with van der Waals surface area (Å²) in [5.74, 6) is -0.00591. The Kier molecular flexibility index (Phi) is 3.96. The van der Waals surface area contributed by atoms with Crippen molar-refractivity contribution in [2.24, 2.45) is 0 Å². The lowest BCUT2D eigenvalue weighted by atomic mass is 10.1. The molecular weight excluding hydrogens is 282 g/mol. The maximum atomic E-state index is 12.5. The topological polar surface area (TPSA) is 92.4 Å². The van der Waals surface area contributed by atoms with E-state index in [0.717, 1.165) is 12.8 Å². The zero-order valence-corrected chi connectivity index (χ0v) is 12.8. The number of piperazine rings is 1. The van der Waals surface area contributed by atoms with E-state index < -0.39 is 0 Å². The summed E-state index contributed by atoms with van der Waals surface area (Å²) in [6.07, 6.45) is 6.00. The summed E-state index contributed by atoms with van der Waals surface area (Å²) in [4.78, 5) is 36.3. The van der Waals surface area contributed by atoms with Crippen LogP contribution in [-0.4, -0.2) is 57.3 Å². The van der Waals surface area contributed by atoms with Crippen molar-refractivity contribution in [3.05, 3.63) is 17.5 Å². The molecule has 22 heavy (non-hydrogen) atoms. The molecule has 2 fully saturated rings. The molecule has 0 aromatic carbocycles. The molecule has 2 aliphatic rings. The molecule has 1 aliphatic carbocycles. The van der Waals surface area contributed by atoms with Gasteiger partial charge in [-0.15, -0.1) is 0 Å². The van der Waals surface area contributed by atoms with Crippen molar-refractivity contribution in [1.29, 1.82) is 0 Å². The molecule has 3 rings (SSSR count). The predicted octanol–water partition coefficient (Wildman–Crippen LogP) is 0.594. The molecule has 0 spiro atoms. The van der Waals surface area contributed by atoms with Crippen LogP contribution >= 0.6 is 0 Å². The second-order valence-electron chi connectivity index (χ2n) is 5.98. The van der Waals surface area contributed by atoms with Crippen LogP contribution in [0.4, 0.5) is 5.95 Å². The molecule has 118 valence electrons. The van der Waals surface area contributed by atoms with Gasteiger partial charge in [0, 0.05) is 25.3 Å². The largest absolute Gasteiger partial charge is 0.368 e. The van der Waals surface area contributed by atoms with E-state index in [-0.39, 0.29) is 24.3 Å². The monoisotopic (exact) mass is 303 g/mol. The third kappa shape index (κ3) is 2.75. The molecule has 1 aromatic rings. The molecular formula is C15H21N5O2. The number of aryl methyl sites for hydroxylation is 1. The molecule has 0 atom stereocenters. The number of amides is 2. The first-order valence-electron chi connectivity index (χ1n) is 7.74. The van der Waals surface area contributed by atoms with Gasteiger partial charge in [0.05, 0.1) is 11.3 Å². The molecule has 0 unspecified atom stereocenters. The standard InChI is InChI=1S/C15H21N5O2/c1-10-12(8-17-15(16)18-10)14(22)19-6-7-20(13(21)9-19)11-4-2-3-5-11/h8,11H,2-7,9H2,1H3,(H2,16,17,18). The van der Waals surface area contributed by atoms with E-state index in [0.29, 0.717) is 30.4 Å². The fraction of sp³-hybridized carbons (Fsp3) is 0.600. The Bertz CT molecular complexity index is 598. The molecule has 1 aromatic heterocycles. The lowest BCUT2D eigenvalue weighted by Crippen LogP contribution is -2.55. The third-order valence-corrected chi connectivity index (χ3v) is 4.54. The number of hydrogen-bond donors (Lipinski definition) is 1. The van der Waals surface area contributed by atoms with Crippen LogP contribution in [0.2, 0.25) is 0 Å². The molecule has 1 saturated carbocycles. The van der Waals surface area contributed by atoms with Gasteiger partial charge in [-0.3, -0.25) is 9.59 Å². The first kappa shape index (κ1) is 14.7. The number of anilines is 1. The van der Waals surface area contributed by atoms with E-state index in [4.69, 9.17) is 5.73 Å². The van der Waals surface area contributed by atoms with Crippen molar-refractivity contribution in [3.63, 3.8) is 0 Å². The zero-order valence-electron chi connectivity index (χ0n) is 12.8. The number of nitrogen functional groups attached to an aromatic ring is 1. The van der Waals surface area contributed by atoms with Crippen LogP contribution in [-0.2, 0) is 4.79 Å². The highest BCUT2D eigenvalue weighted by Crippen LogP contribution is 2.25. The van der Waals surface area contributed by atoms with Crippen molar-refractivity contribution < 1.29 is 9.59 Å². The van der Waals surface area contributed by atoms with E-state index in [1.807, 2.05) is 4.90 Å². The zero-order chi connectivity index (χ0) is 15.7. The minimum Gasteiger partial charge on any atom is -0.368 e. The van der Waals surface area contributed by atoms with Crippen LogP contribution in [0.3, 0.4) is 0 Å². The van der Waals surface area contributed by atoms with Gasteiger partial charge in [0.1, 0.15) is 6.54 Å². The molecule has 1 aliphatic heterocycles.